The molecule has 1 aliphatic heterocycles. The van der Waals surface area contributed by atoms with E-state index in [4.69, 9.17) is 11.5 Å². The maximum Gasteiger partial charge on any atom is 0.573 e. The van der Waals surface area contributed by atoms with Crippen LogP contribution in [0.4, 0.5) is 29.7 Å². The van der Waals surface area contributed by atoms with Crippen molar-refractivity contribution in [3.8, 4) is 5.75 Å². The number of nitrogens with zero attached hydrogens (tertiary/aromatic N) is 2. The van der Waals surface area contributed by atoms with Crippen molar-refractivity contribution in [1.82, 2.24) is 4.98 Å². The summed E-state index contributed by atoms with van der Waals surface area (Å²) in [6, 6.07) is 7.56. The van der Waals surface area contributed by atoms with Crippen molar-refractivity contribution in [2.75, 3.05) is 22.6 Å². The fraction of sp³-hybridized carbons (Fsp3) is 0.286. The molecule has 186 valence electrons. The van der Waals surface area contributed by atoms with Gasteiger partial charge in [0.05, 0.1) is 33.2 Å². The summed E-state index contributed by atoms with van der Waals surface area (Å²) in [7, 11) is 1.72. The predicted molar refractivity (Wildman–Crippen MR) is 124 cm³/mol. The Labute approximate surface area is 200 Å². The average Bonchev–Trinajstić information content (AvgIpc) is 3.28. The first-order valence-electron chi connectivity index (χ1n) is 10.3. The molecule has 0 saturated heterocycles. The van der Waals surface area contributed by atoms with Crippen LogP contribution in [0.2, 0.25) is 0 Å². The van der Waals surface area contributed by atoms with Crippen molar-refractivity contribution >= 4 is 49.9 Å². The Hall–Kier alpha value is -3.78. The lowest BCUT2D eigenvalue weighted by Crippen LogP contribution is -2.66. The van der Waals surface area contributed by atoms with Gasteiger partial charge in [0.15, 0.2) is 5.13 Å². The summed E-state index contributed by atoms with van der Waals surface area (Å²) >= 11 is 1.08. The zero-order valence-electron chi connectivity index (χ0n) is 18.2. The van der Waals surface area contributed by atoms with Crippen LogP contribution in [0.3, 0.4) is 0 Å². The van der Waals surface area contributed by atoms with E-state index in [0.717, 1.165) is 17.4 Å². The lowest BCUT2D eigenvalue weighted by Gasteiger charge is -2.42. The number of hydrogen-bond acceptors (Lipinski definition) is 9. The molecule has 7 N–H and O–H groups in total. The van der Waals surface area contributed by atoms with Crippen molar-refractivity contribution in [2.24, 2.45) is 11.5 Å². The number of nitrogens with one attached hydrogen (secondary N) is 2. The lowest BCUT2D eigenvalue weighted by molar-refractivity contribution is -0.274. The van der Waals surface area contributed by atoms with Crippen LogP contribution in [0, 0.1) is 0 Å². The Bertz CT molecular complexity index is 1300. The zero-order valence-corrected chi connectivity index (χ0v) is 19.0. The molecule has 2 heterocycles. The molecule has 0 bridgehead atoms. The first kappa shape index (κ1) is 24.3. The maximum absolute atomic E-state index is 12.6. The number of amides is 1. The predicted octanol–water partition coefficient (Wildman–Crippen LogP) is 3.11. The quantitative estimate of drug-likeness (QED) is 0.307. The summed E-state index contributed by atoms with van der Waals surface area (Å²) in [6.45, 7) is 0. The number of nitrogens with two attached hydrogens (primary N) is 2. The van der Waals surface area contributed by atoms with Gasteiger partial charge in [0.25, 0.3) is 0 Å². The molecule has 2 unspecified atom stereocenters. The number of aromatic nitrogens is 1. The second-order valence-electron chi connectivity index (χ2n) is 7.92. The summed E-state index contributed by atoms with van der Waals surface area (Å²) in [4.78, 5) is 29.0. The number of carbonyl (C=O) groups is 2. The summed E-state index contributed by atoms with van der Waals surface area (Å²) in [5.41, 5.74) is 13.4. The molecule has 0 radical (unpaired) electrons. The van der Waals surface area contributed by atoms with Crippen LogP contribution in [0.5, 0.6) is 5.75 Å². The molecule has 1 aliphatic rings. The van der Waals surface area contributed by atoms with Crippen LogP contribution in [0.15, 0.2) is 36.4 Å². The topological polar surface area (TPSA) is 156 Å². The number of fused-ring (bicyclic) bond motifs is 2. The standard InChI is InChI=1S/C21H21F3N6O4S/c1-30-14-5-2-10(18(32)33)8-13(14)28-20(30,16(25)6-7-17(26)31)29-19-27-12-4-3-11(9-15(12)35-19)34-21(22,23)24/h2-5,8-9,16,28H,6-7,25H2,1H3,(H2,26,31)(H,27,29)(H,32,33). The van der Waals surface area contributed by atoms with Crippen molar-refractivity contribution < 1.29 is 32.6 Å². The van der Waals surface area contributed by atoms with Gasteiger partial charge >= 0.3 is 12.3 Å². The van der Waals surface area contributed by atoms with Gasteiger partial charge in [0.1, 0.15) is 5.75 Å². The van der Waals surface area contributed by atoms with E-state index >= 15 is 0 Å². The van der Waals surface area contributed by atoms with Gasteiger partial charge < -0.3 is 36.8 Å². The number of anilines is 3. The monoisotopic (exact) mass is 510 g/mol. The molecule has 35 heavy (non-hydrogen) atoms. The SMILES string of the molecule is CN1c2ccc(C(=O)O)cc2NC1(Nc1nc2ccc(OC(F)(F)F)cc2s1)C(N)CCC(N)=O. The van der Waals surface area contributed by atoms with E-state index in [9.17, 15) is 27.9 Å². The molecule has 0 aliphatic carbocycles. The number of hydrogen-bond donors (Lipinski definition) is 5. The van der Waals surface area contributed by atoms with Crippen molar-refractivity contribution in [1.29, 1.82) is 0 Å². The van der Waals surface area contributed by atoms with Gasteiger partial charge in [-0.25, -0.2) is 9.78 Å². The largest absolute Gasteiger partial charge is 0.573 e. The molecule has 0 saturated carbocycles. The third kappa shape index (κ3) is 4.88. The zero-order chi connectivity index (χ0) is 25.5. The van der Waals surface area contributed by atoms with Crippen molar-refractivity contribution in [2.45, 2.75) is 31.0 Å². The fourth-order valence-electron chi connectivity index (χ4n) is 3.92. The molecule has 2 aromatic carbocycles. The van der Waals surface area contributed by atoms with E-state index < -0.39 is 30.1 Å². The molecule has 2 atom stereocenters. The number of carboxylic acids is 1. The highest BCUT2D eigenvalue weighted by atomic mass is 32.1. The van der Waals surface area contributed by atoms with Crippen LogP contribution >= 0.6 is 11.3 Å². The van der Waals surface area contributed by atoms with E-state index in [2.05, 4.69) is 20.4 Å². The van der Waals surface area contributed by atoms with E-state index in [0.29, 0.717) is 26.7 Å². The first-order chi connectivity index (χ1) is 16.4. The van der Waals surface area contributed by atoms with Gasteiger partial charge in [-0.2, -0.15) is 0 Å². The molecule has 3 aromatic rings. The van der Waals surface area contributed by atoms with Crippen molar-refractivity contribution in [3.05, 3.63) is 42.0 Å². The van der Waals surface area contributed by atoms with Gasteiger partial charge in [-0.3, -0.25) is 4.79 Å². The highest BCUT2D eigenvalue weighted by Gasteiger charge is 2.47. The summed E-state index contributed by atoms with van der Waals surface area (Å²) in [6.07, 6.45) is -4.66. The Morgan fingerprint density at radius 2 is 2.06 bits per heavy atom. The second kappa shape index (κ2) is 8.78. The summed E-state index contributed by atoms with van der Waals surface area (Å²) < 4.78 is 42.2. The van der Waals surface area contributed by atoms with E-state index in [-0.39, 0.29) is 24.2 Å². The Kier molecular flexibility index (Phi) is 6.11. The number of rotatable bonds is 8. The third-order valence-corrected chi connectivity index (χ3v) is 6.52. The minimum absolute atomic E-state index is 0.00514. The molecule has 0 fully saturated rings. The number of carbonyl (C=O) groups excluding carboxylic acids is 1. The number of halogens is 3. The highest BCUT2D eigenvalue weighted by Crippen LogP contribution is 2.43. The highest BCUT2D eigenvalue weighted by molar-refractivity contribution is 7.22. The minimum atomic E-state index is -4.83. The number of benzene rings is 2. The van der Waals surface area contributed by atoms with Gasteiger partial charge in [-0.15, -0.1) is 13.2 Å². The minimum Gasteiger partial charge on any atom is -0.478 e. The average molecular weight is 510 g/mol. The van der Waals surface area contributed by atoms with Crippen LogP contribution < -0.4 is 31.7 Å². The number of likely N-dealkylation sites (N-methyl/N-ethyl adjacent to an activating group) is 1. The van der Waals surface area contributed by atoms with Gasteiger partial charge in [-0.05, 0) is 36.8 Å². The fourth-order valence-corrected chi connectivity index (χ4v) is 4.87. The number of aromatic carboxylic acids is 1. The molecule has 4 rings (SSSR count). The van der Waals surface area contributed by atoms with Gasteiger partial charge in [-0.1, -0.05) is 11.3 Å². The number of carboxylic acid groups (broad SMARTS) is 1. The smallest absolute Gasteiger partial charge is 0.478 e. The van der Waals surface area contributed by atoms with E-state index in [1.807, 2.05) is 0 Å². The molecule has 10 nitrogen and oxygen atoms in total. The lowest BCUT2D eigenvalue weighted by atomic mass is 10.0. The maximum atomic E-state index is 12.6. The van der Waals surface area contributed by atoms with Gasteiger partial charge in [0.2, 0.25) is 11.7 Å². The second-order valence-corrected chi connectivity index (χ2v) is 8.95. The third-order valence-electron chi connectivity index (χ3n) is 5.59. The van der Waals surface area contributed by atoms with Crippen LogP contribution in [-0.2, 0) is 4.79 Å². The summed E-state index contributed by atoms with van der Waals surface area (Å²) in [5.74, 6) is -3.28. The van der Waals surface area contributed by atoms with Crippen LogP contribution in [0.1, 0.15) is 23.2 Å². The van der Waals surface area contributed by atoms with Gasteiger partial charge in [0, 0.05) is 19.5 Å². The van der Waals surface area contributed by atoms with E-state index in [1.165, 1.54) is 24.3 Å². The Morgan fingerprint density at radius 1 is 1.31 bits per heavy atom. The molecule has 14 heteroatoms. The summed E-state index contributed by atoms with van der Waals surface area (Å²) in [5, 5.41) is 16.1. The number of thiazole rings is 1. The normalized spacial score (nSPS) is 18.1. The molecule has 0 spiro atoms. The first-order valence-corrected chi connectivity index (χ1v) is 11.1. The Balaban J connectivity index is 1.70. The molecular formula is C21H21F3N6O4S. The molecular weight excluding hydrogens is 489 g/mol. The van der Waals surface area contributed by atoms with E-state index in [1.54, 1.807) is 18.0 Å². The molecule has 1 amide bonds. The van der Waals surface area contributed by atoms with Crippen LogP contribution in [0.25, 0.3) is 10.2 Å². The van der Waals surface area contributed by atoms with Crippen LogP contribution in [-0.4, -0.2) is 47.2 Å². The molecule has 1 aromatic heterocycles. The Morgan fingerprint density at radius 3 is 2.71 bits per heavy atom. The van der Waals surface area contributed by atoms with Crippen molar-refractivity contribution in [3.63, 3.8) is 0 Å². The number of alkyl halides is 3. The number of ether oxygens (including phenoxy) is 1. The number of primary amides is 1.